The molecule has 2 aliphatic rings. The lowest BCUT2D eigenvalue weighted by Crippen LogP contribution is -2.51. The number of fused-ring (bicyclic) bond motifs is 2. The molecule has 2 fully saturated rings. The van der Waals surface area contributed by atoms with Crippen LogP contribution < -0.4 is 5.32 Å². The number of pyridine rings is 1. The molecule has 0 saturated carbocycles. The zero-order chi connectivity index (χ0) is 19.2. The Balaban J connectivity index is 1.74. The first-order chi connectivity index (χ1) is 12.9. The fraction of sp³-hybridized carbons (Fsp3) is 0.478. The molecule has 4 nitrogen and oxygen atoms in total. The number of aromatic nitrogens is 1. The van der Waals surface area contributed by atoms with Crippen molar-refractivity contribution in [2.75, 3.05) is 7.05 Å². The Bertz CT molecular complexity index is 847. The van der Waals surface area contributed by atoms with E-state index < -0.39 is 0 Å². The van der Waals surface area contributed by atoms with E-state index in [0.29, 0.717) is 6.04 Å². The van der Waals surface area contributed by atoms with Crippen molar-refractivity contribution in [2.24, 2.45) is 0 Å². The van der Waals surface area contributed by atoms with Crippen molar-refractivity contribution in [2.45, 2.75) is 64.1 Å². The van der Waals surface area contributed by atoms with E-state index in [2.05, 4.69) is 34.4 Å². The first-order valence-electron chi connectivity index (χ1n) is 9.95. The number of aryl methyl sites for hydroxylation is 3. The van der Waals surface area contributed by atoms with Gasteiger partial charge in [0.25, 0.3) is 5.91 Å². The number of carbonyl (C=O) groups is 1. The third-order valence-corrected chi connectivity index (χ3v) is 6.85. The van der Waals surface area contributed by atoms with Gasteiger partial charge in [-0.05, 0) is 82.3 Å². The Kier molecular flexibility index (Phi) is 4.55. The molecule has 27 heavy (non-hydrogen) atoms. The molecule has 1 aromatic carbocycles. The van der Waals surface area contributed by atoms with Gasteiger partial charge in [0.1, 0.15) is 0 Å². The Hall–Kier alpha value is -2.20. The van der Waals surface area contributed by atoms with Crippen molar-refractivity contribution in [1.29, 1.82) is 0 Å². The molecule has 1 aromatic heterocycles. The number of hydrogen-bond acceptors (Lipinski definition) is 3. The minimum Gasteiger partial charge on any atom is -0.343 e. The summed E-state index contributed by atoms with van der Waals surface area (Å²) in [6.07, 6.45) is 6.56. The molecule has 1 amide bonds. The summed E-state index contributed by atoms with van der Waals surface area (Å²) in [7, 11) is 2.23. The van der Waals surface area contributed by atoms with Gasteiger partial charge in [-0.1, -0.05) is 18.2 Å². The summed E-state index contributed by atoms with van der Waals surface area (Å²) in [6.45, 7) is 6.04. The number of likely N-dealkylation sites (N-methyl/N-ethyl adjacent to an activating group) is 1. The van der Waals surface area contributed by atoms with Gasteiger partial charge in [-0.3, -0.25) is 14.7 Å². The lowest BCUT2D eigenvalue weighted by atomic mass is 9.78. The zero-order valence-corrected chi connectivity index (χ0v) is 16.7. The lowest BCUT2D eigenvalue weighted by Gasteiger charge is -2.41. The second kappa shape index (κ2) is 6.75. The maximum absolute atomic E-state index is 13.3. The highest BCUT2D eigenvalue weighted by molar-refractivity contribution is 5.97. The summed E-state index contributed by atoms with van der Waals surface area (Å²) in [5.41, 5.74) is 5.02. The van der Waals surface area contributed by atoms with E-state index in [1.165, 1.54) is 12.8 Å². The average molecular weight is 364 g/mol. The monoisotopic (exact) mass is 363 g/mol. The van der Waals surface area contributed by atoms with Crippen molar-refractivity contribution >= 4 is 5.91 Å². The Morgan fingerprint density at radius 1 is 1.19 bits per heavy atom. The van der Waals surface area contributed by atoms with Crippen LogP contribution in [-0.2, 0) is 0 Å². The molecule has 142 valence electrons. The number of amides is 1. The van der Waals surface area contributed by atoms with Gasteiger partial charge in [0.05, 0.1) is 6.04 Å². The molecule has 3 heterocycles. The zero-order valence-electron chi connectivity index (χ0n) is 16.7. The summed E-state index contributed by atoms with van der Waals surface area (Å²) in [5, 5.41) is 3.44. The Morgan fingerprint density at radius 3 is 2.41 bits per heavy atom. The SMILES string of the molecule is Cc1cc(C(NC(=O)c2c(C)cccc2C)C23CCC(CC2)N3C)ccn1. The molecule has 2 bridgehead atoms. The predicted molar refractivity (Wildman–Crippen MR) is 108 cm³/mol. The number of benzene rings is 1. The second-order valence-electron chi connectivity index (χ2n) is 8.35. The highest BCUT2D eigenvalue weighted by atomic mass is 16.1. The quantitative estimate of drug-likeness (QED) is 0.889. The van der Waals surface area contributed by atoms with Crippen molar-refractivity contribution in [3.8, 4) is 0 Å². The number of carbonyl (C=O) groups excluding carboxylic acids is 1. The molecule has 4 rings (SSSR count). The summed E-state index contributed by atoms with van der Waals surface area (Å²) in [6, 6.07) is 10.9. The smallest absolute Gasteiger partial charge is 0.252 e. The van der Waals surface area contributed by atoms with Gasteiger partial charge in [-0.25, -0.2) is 0 Å². The van der Waals surface area contributed by atoms with E-state index >= 15 is 0 Å². The first kappa shape index (κ1) is 18.2. The van der Waals surface area contributed by atoms with Crippen LogP contribution in [0.2, 0.25) is 0 Å². The highest BCUT2D eigenvalue weighted by Crippen LogP contribution is 2.51. The van der Waals surface area contributed by atoms with Crippen LogP contribution in [0.1, 0.15) is 64.5 Å². The van der Waals surface area contributed by atoms with Gasteiger partial charge in [-0.2, -0.15) is 0 Å². The molecule has 0 spiro atoms. The summed E-state index contributed by atoms with van der Waals surface area (Å²) in [4.78, 5) is 20.2. The fourth-order valence-electron chi connectivity index (χ4n) is 5.35. The number of nitrogens with zero attached hydrogens (tertiary/aromatic N) is 2. The summed E-state index contributed by atoms with van der Waals surface area (Å²) in [5.74, 6) is 0.0307. The molecule has 4 heteroatoms. The van der Waals surface area contributed by atoms with Crippen LogP contribution in [0.3, 0.4) is 0 Å². The van der Waals surface area contributed by atoms with Crippen LogP contribution in [0, 0.1) is 20.8 Å². The molecule has 1 atom stereocenters. The predicted octanol–water partition coefficient (Wildman–Crippen LogP) is 4.10. The van der Waals surface area contributed by atoms with Crippen LogP contribution in [-0.4, -0.2) is 34.4 Å². The molecular formula is C23H29N3O. The van der Waals surface area contributed by atoms with Gasteiger partial charge in [0.2, 0.25) is 0 Å². The van der Waals surface area contributed by atoms with Crippen LogP contribution >= 0.6 is 0 Å². The topological polar surface area (TPSA) is 45.2 Å². The molecule has 2 saturated heterocycles. The van der Waals surface area contributed by atoms with Gasteiger partial charge >= 0.3 is 0 Å². The molecular weight excluding hydrogens is 334 g/mol. The Labute approximate surface area is 162 Å². The molecule has 0 radical (unpaired) electrons. The van der Waals surface area contributed by atoms with E-state index in [1.807, 2.05) is 45.2 Å². The minimum absolute atomic E-state index is 0.00467. The van der Waals surface area contributed by atoms with Crippen molar-refractivity contribution in [1.82, 2.24) is 15.2 Å². The molecule has 0 aliphatic carbocycles. The van der Waals surface area contributed by atoms with Gasteiger partial charge in [-0.15, -0.1) is 0 Å². The van der Waals surface area contributed by atoms with Crippen LogP contribution in [0.25, 0.3) is 0 Å². The largest absolute Gasteiger partial charge is 0.343 e. The van der Waals surface area contributed by atoms with Crippen LogP contribution in [0.5, 0.6) is 0 Å². The molecule has 1 unspecified atom stereocenters. The van der Waals surface area contributed by atoms with Crippen LogP contribution in [0.15, 0.2) is 36.5 Å². The van der Waals surface area contributed by atoms with Crippen molar-refractivity contribution < 1.29 is 4.79 Å². The number of hydrogen-bond donors (Lipinski definition) is 1. The molecule has 2 aliphatic heterocycles. The van der Waals surface area contributed by atoms with E-state index in [0.717, 1.165) is 40.8 Å². The Morgan fingerprint density at radius 2 is 1.85 bits per heavy atom. The van der Waals surface area contributed by atoms with E-state index in [4.69, 9.17) is 0 Å². The summed E-state index contributed by atoms with van der Waals surface area (Å²) < 4.78 is 0. The average Bonchev–Trinajstić information content (AvgIpc) is 3.12. The second-order valence-corrected chi connectivity index (χ2v) is 8.35. The van der Waals surface area contributed by atoms with Gasteiger partial charge in [0, 0.05) is 29.0 Å². The van der Waals surface area contributed by atoms with Crippen LogP contribution in [0.4, 0.5) is 0 Å². The molecule has 1 N–H and O–H groups in total. The lowest BCUT2D eigenvalue weighted by molar-refractivity contribution is 0.0836. The normalized spacial score (nSPS) is 25.6. The number of rotatable bonds is 4. The molecule has 2 aromatic rings. The maximum Gasteiger partial charge on any atom is 0.252 e. The fourth-order valence-corrected chi connectivity index (χ4v) is 5.35. The van der Waals surface area contributed by atoms with E-state index in [1.54, 1.807) is 0 Å². The van der Waals surface area contributed by atoms with E-state index in [-0.39, 0.29) is 17.5 Å². The number of nitrogens with one attached hydrogen (secondary N) is 1. The third kappa shape index (κ3) is 2.96. The van der Waals surface area contributed by atoms with Gasteiger partial charge < -0.3 is 5.32 Å². The third-order valence-electron chi connectivity index (χ3n) is 6.85. The standard InChI is InChI=1S/C23H29N3O/c1-15-6-5-7-16(2)20(15)22(27)25-21(18-10-13-24-17(3)14-18)23-11-8-19(9-12-23)26(23)4/h5-7,10,13-14,19,21H,8-9,11-12H2,1-4H3,(H,25,27). The maximum atomic E-state index is 13.3. The van der Waals surface area contributed by atoms with Gasteiger partial charge in [0.15, 0.2) is 0 Å². The minimum atomic E-state index is -0.0248. The first-order valence-corrected chi connectivity index (χ1v) is 9.95. The van der Waals surface area contributed by atoms with E-state index in [9.17, 15) is 4.79 Å². The summed E-state index contributed by atoms with van der Waals surface area (Å²) >= 11 is 0. The highest BCUT2D eigenvalue weighted by Gasteiger charge is 2.54. The van der Waals surface area contributed by atoms with Crippen molar-refractivity contribution in [3.05, 3.63) is 64.5 Å². The van der Waals surface area contributed by atoms with Crippen molar-refractivity contribution in [3.63, 3.8) is 0 Å².